The number of ether oxygens (including phenoxy) is 1. The van der Waals surface area contributed by atoms with E-state index in [-0.39, 0.29) is 12.7 Å². The minimum atomic E-state index is -0.603. The SMILES string of the molecule is C=C(C)C1Cc2cc(C(O)CCO)ccc2O1. The highest BCUT2D eigenvalue weighted by atomic mass is 16.5. The molecule has 92 valence electrons. The second-order valence-corrected chi connectivity index (χ2v) is 4.55. The summed E-state index contributed by atoms with van der Waals surface area (Å²) in [5, 5.41) is 18.6. The molecule has 0 amide bonds. The number of fused-ring (bicyclic) bond motifs is 1. The van der Waals surface area contributed by atoms with Gasteiger partial charge >= 0.3 is 0 Å². The van der Waals surface area contributed by atoms with Gasteiger partial charge in [0.25, 0.3) is 0 Å². The van der Waals surface area contributed by atoms with Crippen molar-refractivity contribution in [2.24, 2.45) is 0 Å². The maximum absolute atomic E-state index is 9.81. The van der Waals surface area contributed by atoms with Gasteiger partial charge in [-0.3, -0.25) is 0 Å². The van der Waals surface area contributed by atoms with E-state index in [2.05, 4.69) is 6.58 Å². The Morgan fingerprint density at radius 2 is 2.35 bits per heavy atom. The van der Waals surface area contributed by atoms with E-state index in [4.69, 9.17) is 9.84 Å². The van der Waals surface area contributed by atoms with E-state index in [1.807, 2.05) is 25.1 Å². The summed E-state index contributed by atoms with van der Waals surface area (Å²) in [5.74, 6) is 0.873. The minimum absolute atomic E-state index is 0.0108. The van der Waals surface area contributed by atoms with Crippen LogP contribution in [0.15, 0.2) is 30.4 Å². The Kier molecular flexibility index (Phi) is 3.50. The molecule has 0 saturated heterocycles. The van der Waals surface area contributed by atoms with Crippen LogP contribution in [0.2, 0.25) is 0 Å². The molecule has 3 heteroatoms. The topological polar surface area (TPSA) is 49.7 Å². The molecule has 1 aliphatic heterocycles. The van der Waals surface area contributed by atoms with Crippen molar-refractivity contribution in [3.05, 3.63) is 41.5 Å². The Balaban J connectivity index is 2.17. The average molecular weight is 234 g/mol. The first-order valence-corrected chi connectivity index (χ1v) is 5.85. The first-order valence-electron chi connectivity index (χ1n) is 5.85. The molecule has 0 saturated carbocycles. The van der Waals surface area contributed by atoms with Crippen LogP contribution in [0.5, 0.6) is 5.75 Å². The van der Waals surface area contributed by atoms with Gasteiger partial charge in [0.05, 0.1) is 6.10 Å². The number of rotatable bonds is 4. The van der Waals surface area contributed by atoms with Gasteiger partial charge in [-0.05, 0) is 35.8 Å². The lowest BCUT2D eigenvalue weighted by atomic mass is 10.0. The Hall–Kier alpha value is -1.32. The molecule has 0 radical (unpaired) electrons. The molecule has 17 heavy (non-hydrogen) atoms. The third-order valence-electron chi connectivity index (χ3n) is 3.10. The lowest BCUT2D eigenvalue weighted by Gasteiger charge is -2.10. The minimum Gasteiger partial charge on any atom is -0.485 e. The van der Waals surface area contributed by atoms with Gasteiger partial charge in [-0.2, -0.15) is 0 Å². The maximum atomic E-state index is 9.81. The van der Waals surface area contributed by atoms with Gasteiger partial charge in [-0.15, -0.1) is 0 Å². The summed E-state index contributed by atoms with van der Waals surface area (Å²) < 4.78 is 5.73. The molecule has 3 nitrogen and oxygen atoms in total. The number of benzene rings is 1. The second kappa shape index (κ2) is 4.90. The molecule has 0 aliphatic carbocycles. The first kappa shape index (κ1) is 12.1. The van der Waals surface area contributed by atoms with Crippen LogP contribution in [0.4, 0.5) is 0 Å². The van der Waals surface area contributed by atoms with Gasteiger partial charge in [0, 0.05) is 19.4 Å². The molecular weight excluding hydrogens is 216 g/mol. The van der Waals surface area contributed by atoms with E-state index in [0.717, 1.165) is 28.9 Å². The van der Waals surface area contributed by atoms with Gasteiger partial charge in [0.2, 0.25) is 0 Å². The molecule has 1 heterocycles. The second-order valence-electron chi connectivity index (χ2n) is 4.55. The maximum Gasteiger partial charge on any atom is 0.123 e. The zero-order chi connectivity index (χ0) is 12.4. The summed E-state index contributed by atoms with van der Waals surface area (Å²) in [6, 6.07) is 5.69. The van der Waals surface area contributed by atoms with Gasteiger partial charge < -0.3 is 14.9 Å². The van der Waals surface area contributed by atoms with E-state index in [0.29, 0.717) is 6.42 Å². The summed E-state index contributed by atoms with van der Waals surface area (Å²) in [6.07, 6.45) is 0.623. The Morgan fingerprint density at radius 3 is 3.00 bits per heavy atom. The third-order valence-corrected chi connectivity index (χ3v) is 3.10. The van der Waals surface area contributed by atoms with E-state index in [9.17, 15) is 5.11 Å². The summed E-state index contributed by atoms with van der Waals surface area (Å²) in [4.78, 5) is 0. The smallest absolute Gasteiger partial charge is 0.123 e. The van der Waals surface area contributed by atoms with Crippen LogP contribution in [-0.4, -0.2) is 22.9 Å². The van der Waals surface area contributed by atoms with Crippen molar-refractivity contribution in [2.75, 3.05) is 6.61 Å². The predicted octanol–water partition coefficient (Wildman–Crippen LogP) is 1.98. The molecule has 0 spiro atoms. The molecule has 0 aromatic heterocycles. The molecule has 0 bridgehead atoms. The standard InChI is InChI=1S/C14H18O3/c1-9(2)14-8-11-7-10(12(16)5-6-15)3-4-13(11)17-14/h3-4,7,12,14-16H,1,5-6,8H2,2H3. The quantitative estimate of drug-likeness (QED) is 0.783. The Bertz CT molecular complexity index is 425. The fraction of sp³-hybridized carbons (Fsp3) is 0.429. The zero-order valence-corrected chi connectivity index (χ0v) is 10.0. The van der Waals surface area contributed by atoms with Crippen molar-refractivity contribution in [1.82, 2.24) is 0 Å². The van der Waals surface area contributed by atoms with Crippen molar-refractivity contribution in [2.45, 2.75) is 32.0 Å². The summed E-state index contributed by atoms with van der Waals surface area (Å²) in [6.45, 7) is 5.85. The fourth-order valence-corrected chi connectivity index (χ4v) is 2.04. The number of aliphatic hydroxyl groups is 2. The Labute approximate surface area is 101 Å². The molecule has 2 atom stereocenters. The molecule has 1 aromatic carbocycles. The van der Waals surface area contributed by atoms with Crippen molar-refractivity contribution >= 4 is 0 Å². The molecule has 0 fully saturated rings. The highest BCUT2D eigenvalue weighted by Gasteiger charge is 2.24. The largest absolute Gasteiger partial charge is 0.485 e. The summed E-state index contributed by atoms with van der Waals surface area (Å²) >= 11 is 0. The van der Waals surface area contributed by atoms with E-state index < -0.39 is 6.10 Å². The molecule has 2 unspecified atom stereocenters. The molecule has 1 aliphatic rings. The van der Waals surface area contributed by atoms with Gasteiger partial charge in [0.1, 0.15) is 11.9 Å². The fourth-order valence-electron chi connectivity index (χ4n) is 2.04. The predicted molar refractivity (Wildman–Crippen MR) is 66.0 cm³/mol. The van der Waals surface area contributed by atoms with E-state index in [1.54, 1.807) is 0 Å². The Morgan fingerprint density at radius 1 is 1.59 bits per heavy atom. The van der Waals surface area contributed by atoms with Gasteiger partial charge in [-0.1, -0.05) is 12.6 Å². The van der Waals surface area contributed by atoms with Crippen LogP contribution >= 0.6 is 0 Å². The lowest BCUT2D eigenvalue weighted by Crippen LogP contribution is -2.13. The van der Waals surface area contributed by atoms with Crippen LogP contribution in [0, 0.1) is 0 Å². The van der Waals surface area contributed by atoms with Crippen LogP contribution in [0.3, 0.4) is 0 Å². The summed E-state index contributed by atoms with van der Waals surface area (Å²) in [7, 11) is 0. The first-order chi connectivity index (χ1) is 8.11. The normalized spacial score (nSPS) is 19.6. The lowest BCUT2D eigenvalue weighted by molar-refractivity contribution is 0.134. The highest BCUT2D eigenvalue weighted by molar-refractivity contribution is 5.42. The van der Waals surface area contributed by atoms with Crippen molar-refractivity contribution in [3.63, 3.8) is 0 Å². The molecular formula is C14H18O3. The monoisotopic (exact) mass is 234 g/mol. The van der Waals surface area contributed by atoms with Crippen molar-refractivity contribution < 1.29 is 14.9 Å². The van der Waals surface area contributed by atoms with Crippen LogP contribution in [-0.2, 0) is 6.42 Å². The molecule has 2 N–H and O–H groups in total. The van der Waals surface area contributed by atoms with Crippen LogP contribution in [0.25, 0.3) is 0 Å². The van der Waals surface area contributed by atoms with Crippen molar-refractivity contribution in [1.29, 1.82) is 0 Å². The van der Waals surface area contributed by atoms with Crippen molar-refractivity contribution in [3.8, 4) is 5.75 Å². The highest BCUT2D eigenvalue weighted by Crippen LogP contribution is 2.33. The van der Waals surface area contributed by atoms with Crippen LogP contribution in [0.1, 0.15) is 30.6 Å². The third kappa shape index (κ3) is 2.51. The van der Waals surface area contributed by atoms with E-state index >= 15 is 0 Å². The van der Waals surface area contributed by atoms with E-state index in [1.165, 1.54) is 0 Å². The van der Waals surface area contributed by atoms with Gasteiger partial charge in [-0.25, -0.2) is 0 Å². The zero-order valence-electron chi connectivity index (χ0n) is 10.0. The van der Waals surface area contributed by atoms with Crippen LogP contribution < -0.4 is 4.74 Å². The molecule has 1 aromatic rings. The number of hydrogen-bond acceptors (Lipinski definition) is 3. The number of aliphatic hydroxyl groups excluding tert-OH is 2. The average Bonchev–Trinajstić information content (AvgIpc) is 2.71. The number of hydrogen-bond donors (Lipinski definition) is 2. The summed E-state index contributed by atoms with van der Waals surface area (Å²) in [5.41, 5.74) is 2.95. The molecule has 2 rings (SSSR count). The van der Waals surface area contributed by atoms with Gasteiger partial charge in [0.15, 0.2) is 0 Å².